The molecule has 0 fully saturated rings. The molecule has 0 atom stereocenters. The zero-order chi connectivity index (χ0) is 7.61. The van der Waals surface area contributed by atoms with E-state index < -0.39 is 0 Å². The van der Waals surface area contributed by atoms with E-state index >= 15 is 0 Å². The van der Waals surface area contributed by atoms with Crippen LogP contribution in [0.4, 0.5) is 0 Å². The highest BCUT2D eigenvalue weighted by Crippen LogP contribution is 2.40. The Balaban J connectivity index is 2.61. The molecule has 0 aliphatic carbocycles. The van der Waals surface area contributed by atoms with Gasteiger partial charge < -0.3 is 5.11 Å². The molecule has 1 nitrogen and oxygen atoms in total. The summed E-state index contributed by atoms with van der Waals surface area (Å²) < 4.78 is 0.277. The van der Waals surface area contributed by atoms with Crippen molar-refractivity contribution < 1.29 is 5.11 Å². The molecule has 0 amide bonds. The van der Waals surface area contributed by atoms with Gasteiger partial charge in [0.15, 0.2) is 0 Å². The van der Waals surface area contributed by atoms with Crippen LogP contribution in [-0.2, 0) is 0 Å². The molecule has 0 aromatic carbocycles. The molecular formula is C8H10OS. The molecule has 1 aliphatic rings. The summed E-state index contributed by atoms with van der Waals surface area (Å²) in [6.45, 7) is 4.33. The second-order valence-corrected chi connectivity index (χ2v) is 4.62. The van der Waals surface area contributed by atoms with E-state index in [1.54, 1.807) is 11.8 Å². The van der Waals surface area contributed by atoms with Crippen molar-refractivity contribution in [1.82, 2.24) is 0 Å². The number of hydrogen-bond donors (Lipinski definition) is 1. The highest BCUT2D eigenvalue weighted by Gasteiger charge is 2.24. The maximum Gasteiger partial charge on any atom is 0.113 e. The van der Waals surface area contributed by atoms with E-state index in [1.165, 1.54) is 0 Å². The summed E-state index contributed by atoms with van der Waals surface area (Å²) in [6, 6.07) is 0. The summed E-state index contributed by atoms with van der Waals surface area (Å²) in [5.74, 6) is 2.63. The average molecular weight is 154 g/mol. The minimum Gasteiger partial charge on any atom is -0.462 e. The van der Waals surface area contributed by atoms with Gasteiger partial charge in [-0.05, 0) is 12.3 Å². The lowest BCUT2D eigenvalue weighted by molar-refractivity contribution is 0.517. The summed E-state index contributed by atoms with van der Waals surface area (Å²) in [5, 5.41) is 8.28. The van der Waals surface area contributed by atoms with E-state index in [-0.39, 0.29) is 4.75 Å². The van der Waals surface area contributed by atoms with Crippen LogP contribution in [0.25, 0.3) is 0 Å². The molecule has 0 saturated heterocycles. The van der Waals surface area contributed by atoms with Gasteiger partial charge in [0.2, 0.25) is 0 Å². The second kappa shape index (κ2) is 2.59. The van der Waals surface area contributed by atoms with Crippen molar-refractivity contribution in [2.45, 2.75) is 25.0 Å². The summed E-state index contributed by atoms with van der Waals surface area (Å²) in [5.41, 5.74) is 0. The number of aliphatic hydroxyl groups excluding tert-OH is 1. The van der Waals surface area contributed by atoms with E-state index in [0.717, 1.165) is 11.3 Å². The van der Waals surface area contributed by atoms with Crippen LogP contribution in [0.2, 0.25) is 0 Å². The smallest absolute Gasteiger partial charge is 0.113 e. The Kier molecular flexibility index (Phi) is 1.96. The largest absolute Gasteiger partial charge is 0.462 e. The van der Waals surface area contributed by atoms with E-state index in [1.807, 2.05) is 6.11 Å². The molecular weight excluding hydrogens is 144 g/mol. The Hall–Kier alpha value is -0.550. The van der Waals surface area contributed by atoms with Crippen molar-refractivity contribution >= 4 is 11.8 Å². The molecule has 0 spiro atoms. The topological polar surface area (TPSA) is 20.2 Å². The van der Waals surface area contributed by atoms with Gasteiger partial charge in [-0.15, -0.1) is 11.8 Å². The van der Waals surface area contributed by atoms with Gasteiger partial charge in [-0.1, -0.05) is 19.9 Å². The number of allylic oxidation sites excluding steroid dienone is 2. The third-order valence-corrected chi connectivity index (χ3v) is 2.55. The summed E-state index contributed by atoms with van der Waals surface area (Å²) in [6.07, 6.45) is 5.02. The van der Waals surface area contributed by atoms with Gasteiger partial charge in [0.05, 0.1) is 4.91 Å². The molecule has 0 aromatic rings. The minimum atomic E-state index is 0.277. The normalized spacial score (nSPS) is 21.2. The zero-order valence-electron chi connectivity index (χ0n) is 6.14. The van der Waals surface area contributed by atoms with E-state index in [0.29, 0.717) is 0 Å². The van der Waals surface area contributed by atoms with Crippen molar-refractivity contribution in [3.63, 3.8) is 0 Å². The van der Waals surface area contributed by atoms with Gasteiger partial charge in [0.1, 0.15) is 6.11 Å². The highest BCUT2D eigenvalue weighted by molar-refractivity contribution is 8.04. The summed E-state index contributed by atoms with van der Waals surface area (Å²) >= 11 is 1.72. The Labute approximate surface area is 65.5 Å². The maximum atomic E-state index is 8.28. The molecule has 1 aliphatic heterocycles. The molecule has 10 heavy (non-hydrogen) atoms. The van der Waals surface area contributed by atoms with Crippen LogP contribution in [0.1, 0.15) is 20.3 Å². The van der Waals surface area contributed by atoms with Crippen LogP contribution in [-0.4, -0.2) is 9.85 Å². The lowest BCUT2D eigenvalue weighted by Crippen LogP contribution is -2.07. The van der Waals surface area contributed by atoms with Crippen LogP contribution in [0.15, 0.2) is 11.0 Å². The molecule has 0 bridgehead atoms. The first-order chi connectivity index (χ1) is 4.64. The maximum absolute atomic E-state index is 8.28. The number of thioether (sulfide) groups is 1. The molecule has 0 unspecified atom stereocenters. The molecule has 1 rings (SSSR count). The lowest BCUT2D eigenvalue weighted by atomic mass is 10.1. The average Bonchev–Trinajstić information content (AvgIpc) is 2.12. The van der Waals surface area contributed by atoms with Gasteiger partial charge in [0.25, 0.3) is 0 Å². The molecule has 2 heteroatoms. The Morgan fingerprint density at radius 2 is 2.40 bits per heavy atom. The van der Waals surface area contributed by atoms with Crippen molar-refractivity contribution in [2.24, 2.45) is 0 Å². The quantitative estimate of drug-likeness (QED) is 0.539. The third kappa shape index (κ3) is 1.71. The van der Waals surface area contributed by atoms with E-state index in [4.69, 9.17) is 5.11 Å². The number of hydrogen-bond acceptors (Lipinski definition) is 2. The van der Waals surface area contributed by atoms with Gasteiger partial charge >= 0.3 is 0 Å². The highest BCUT2D eigenvalue weighted by atomic mass is 32.2. The molecule has 54 valence electrons. The predicted octanol–water partition coefficient (Wildman–Crippen LogP) is 2.12. The van der Waals surface area contributed by atoms with Crippen molar-refractivity contribution in [3.05, 3.63) is 11.0 Å². The molecule has 0 saturated carbocycles. The minimum absolute atomic E-state index is 0.277. The lowest BCUT2D eigenvalue weighted by Gasteiger charge is -2.14. The number of aliphatic hydroxyl groups is 1. The summed E-state index contributed by atoms with van der Waals surface area (Å²) in [4.78, 5) is 0.993. The molecule has 0 radical (unpaired) electrons. The number of rotatable bonds is 0. The van der Waals surface area contributed by atoms with Gasteiger partial charge in [0, 0.05) is 4.75 Å². The van der Waals surface area contributed by atoms with Crippen LogP contribution in [0, 0.1) is 12.0 Å². The van der Waals surface area contributed by atoms with Crippen LogP contribution in [0.3, 0.4) is 0 Å². The molecule has 1 N–H and O–H groups in total. The Morgan fingerprint density at radius 1 is 1.70 bits per heavy atom. The SMILES string of the molecule is CC1(C)CC=C(C#CO)S1. The van der Waals surface area contributed by atoms with E-state index in [2.05, 4.69) is 25.8 Å². The monoisotopic (exact) mass is 154 g/mol. The standard InChI is InChI=1S/C8H10OS/c1-8(2)5-3-7(10-8)4-6-9/h3,9H,5H2,1-2H3. The van der Waals surface area contributed by atoms with Gasteiger partial charge in [-0.3, -0.25) is 0 Å². The van der Waals surface area contributed by atoms with Crippen LogP contribution < -0.4 is 0 Å². The van der Waals surface area contributed by atoms with Crippen molar-refractivity contribution in [1.29, 1.82) is 0 Å². The second-order valence-electron chi connectivity index (χ2n) is 2.87. The van der Waals surface area contributed by atoms with E-state index in [9.17, 15) is 0 Å². The summed E-state index contributed by atoms with van der Waals surface area (Å²) in [7, 11) is 0. The zero-order valence-corrected chi connectivity index (χ0v) is 6.96. The fraction of sp³-hybridized carbons (Fsp3) is 0.500. The Morgan fingerprint density at radius 3 is 2.80 bits per heavy atom. The van der Waals surface area contributed by atoms with Crippen molar-refractivity contribution in [2.75, 3.05) is 0 Å². The fourth-order valence-electron chi connectivity index (χ4n) is 0.851. The first-order valence-electron chi connectivity index (χ1n) is 3.18. The first kappa shape index (κ1) is 7.56. The van der Waals surface area contributed by atoms with Crippen LogP contribution >= 0.6 is 11.8 Å². The fourth-order valence-corrected chi connectivity index (χ4v) is 1.88. The van der Waals surface area contributed by atoms with Gasteiger partial charge in [-0.2, -0.15) is 0 Å². The Bertz CT molecular complexity index is 217. The van der Waals surface area contributed by atoms with Crippen molar-refractivity contribution in [3.8, 4) is 12.0 Å². The predicted molar refractivity (Wildman–Crippen MR) is 44.1 cm³/mol. The van der Waals surface area contributed by atoms with Crippen LogP contribution in [0.5, 0.6) is 0 Å². The third-order valence-electron chi connectivity index (χ3n) is 1.34. The first-order valence-corrected chi connectivity index (χ1v) is 4.00. The molecule has 1 heterocycles. The van der Waals surface area contributed by atoms with Gasteiger partial charge in [-0.25, -0.2) is 0 Å². The molecule has 0 aromatic heterocycles.